The van der Waals surface area contributed by atoms with Crippen LogP contribution in [0.2, 0.25) is 0 Å². The van der Waals surface area contributed by atoms with Gasteiger partial charge in [-0.25, -0.2) is 4.79 Å². The summed E-state index contributed by atoms with van der Waals surface area (Å²) in [5.41, 5.74) is 0.883. The van der Waals surface area contributed by atoms with Crippen LogP contribution in [-0.4, -0.2) is 34.7 Å². The van der Waals surface area contributed by atoms with Crippen molar-refractivity contribution in [1.82, 2.24) is 9.88 Å². The Bertz CT molecular complexity index is 398. The van der Waals surface area contributed by atoms with Gasteiger partial charge in [0.25, 0.3) is 0 Å². The predicted octanol–water partition coefficient (Wildman–Crippen LogP) is 3.20. The second-order valence-electron chi connectivity index (χ2n) is 6.31. The summed E-state index contributed by atoms with van der Waals surface area (Å²) < 4.78 is 5.40. The van der Waals surface area contributed by atoms with Gasteiger partial charge in [0, 0.05) is 25.0 Å². The van der Waals surface area contributed by atoms with Crippen LogP contribution in [-0.2, 0) is 11.2 Å². The number of amides is 1. The fourth-order valence-corrected chi connectivity index (χ4v) is 2.45. The average molecular weight is 264 g/mol. The molecule has 1 aliphatic rings. The first-order chi connectivity index (χ1) is 8.94. The number of rotatable bonds is 2. The lowest BCUT2D eigenvalue weighted by molar-refractivity contribution is 0.0184. The maximum atomic E-state index is 11.9. The molecule has 2 heterocycles. The Morgan fingerprint density at radius 3 is 2.63 bits per heavy atom. The van der Waals surface area contributed by atoms with Crippen LogP contribution in [0.4, 0.5) is 4.79 Å². The van der Waals surface area contributed by atoms with Crippen molar-refractivity contribution < 1.29 is 9.53 Å². The van der Waals surface area contributed by atoms with Crippen molar-refractivity contribution in [3.8, 4) is 0 Å². The zero-order valence-corrected chi connectivity index (χ0v) is 12.1. The first-order valence-electron chi connectivity index (χ1n) is 7.04. The van der Waals surface area contributed by atoms with Crippen molar-refractivity contribution in [3.63, 3.8) is 0 Å². The summed E-state index contributed by atoms with van der Waals surface area (Å²) >= 11 is 0. The summed E-state index contributed by atoms with van der Waals surface area (Å²) in [6.45, 7) is 7.33. The molecule has 4 nitrogen and oxygen atoms in total. The zero-order chi connectivity index (χ0) is 13.9. The molecule has 0 aliphatic carbocycles. The molecule has 0 spiro atoms. The van der Waals surface area contributed by atoms with Crippen molar-refractivity contribution in [2.24, 2.45) is 5.92 Å². The SMILES string of the molecule is CC(C)(C)OC(=O)N1CCC(Cc2ccc[nH]2)CC1. The van der Waals surface area contributed by atoms with Gasteiger partial charge in [0.2, 0.25) is 0 Å². The molecule has 0 radical (unpaired) electrons. The molecular formula is C15H24N2O2. The highest BCUT2D eigenvalue weighted by atomic mass is 16.6. The number of ether oxygens (including phenoxy) is 1. The van der Waals surface area contributed by atoms with Gasteiger partial charge in [-0.2, -0.15) is 0 Å². The average Bonchev–Trinajstić information content (AvgIpc) is 2.80. The minimum Gasteiger partial charge on any atom is -0.444 e. The first-order valence-corrected chi connectivity index (χ1v) is 7.04. The summed E-state index contributed by atoms with van der Waals surface area (Å²) in [6, 6.07) is 4.16. The molecule has 1 fully saturated rings. The van der Waals surface area contributed by atoms with Crippen molar-refractivity contribution in [3.05, 3.63) is 24.0 Å². The summed E-state index contributed by atoms with van der Waals surface area (Å²) in [6.07, 6.45) is 4.97. The third-order valence-electron chi connectivity index (χ3n) is 3.44. The van der Waals surface area contributed by atoms with Gasteiger partial charge >= 0.3 is 6.09 Å². The molecule has 4 heteroatoms. The molecule has 1 aromatic heterocycles. The van der Waals surface area contributed by atoms with Crippen LogP contribution in [0.15, 0.2) is 18.3 Å². The van der Waals surface area contributed by atoms with Crippen LogP contribution in [0.3, 0.4) is 0 Å². The lowest BCUT2D eigenvalue weighted by Gasteiger charge is -2.33. The monoisotopic (exact) mass is 264 g/mol. The number of H-pyrrole nitrogens is 1. The molecule has 19 heavy (non-hydrogen) atoms. The third-order valence-corrected chi connectivity index (χ3v) is 3.44. The highest BCUT2D eigenvalue weighted by molar-refractivity contribution is 5.68. The highest BCUT2D eigenvalue weighted by Gasteiger charge is 2.26. The molecule has 0 atom stereocenters. The maximum Gasteiger partial charge on any atom is 0.410 e. The molecule has 0 bridgehead atoms. The Morgan fingerprint density at radius 1 is 1.42 bits per heavy atom. The van der Waals surface area contributed by atoms with Gasteiger partial charge < -0.3 is 14.6 Å². The van der Waals surface area contributed by atoms with E-state index < -0.39 is 5.60 Å². The second-order valence-corrected chi connectivity index (χ2v) is 6.31. The summed E-state index contributed by atoms with van der Waals surface area (Å²) in [5.74, 6) is 0.664. The van der Waals surface area contributed by atoms with Crippen LogP contribution in [0, 0.1) is 5.92 Å². The van der Waals surface area contributed by atoms with Crippen molar-refractivity contribution in [2.75, 3.05) is 13.1 Å². The smallest absolute Gasteiger partial charge is 0.410 e. The number of aromatic nitrogens is 1. The topological polar surface area (TPSA) is 45.3 Å². The van der Waals surface area contributed by atoms with E-state index in [4.69, 9.17) is 4.74 Å². The molecule has 2 rings (SSSR count). The van der Waals surface area contributed by atoms with Crippen molar-refractivity contribution in [2.45, 2.75) is 45.6 Å². The number of aromatic amines is 1. The van der Waals surface area contributed by atoms with E-state index in [-0.39, 0.29) is 6.09 Å². The van der Waals surface area contributed by atoms with E-state index in [0.717, 1.165) is 32.4 Å². The molecule has 0 unspecified atom stereocenters. The molecule has 1 aromatic rings. The van der Waals surface area contributed by atoms with Gasteiger partial charge in [-0.15, -0.1) is 0 Å². The summed E-state index contributed by atoms with van der Waals surface area (Å²) in [5, 5.41) is 0. The van der Waals surface area contributed by atoms with Crippen molar-refractivity contribution >= 4 is 6.09 Å². The van der Waals surface area contributed by atoms with Crippen LogP contribution in [0.25, 0.3) is 0 Å². The number of nitrogens with zero attached hydrogens (tertiary/aromatic N) is 1. The number of hydrogen-bond acceptors (Lipinski definition) is 2. The fraction of sp³-hybridized carbons (Fsp3) is 0.667. The standard InChI is InChI=1S/C15H24N2O2/c1-15(2,3)19-14(18)17-9-6-12(7-10-17)11-13-5-4-8-16-13/h4-5,8,12,16H,6-7,9-11H2,1-3H3. The highest BCUT2D eigenvalue weighted by Crippen LogP contribution is 2.22. The molecule has 1 N–H and O–H groups in total. The number of nitrogens with one attached hydrogen (secondary N) is 1. The minimum absolute atomic E-state index is 0.175. The fourth-order valence-electron chi connectivity index (χ4n) is 2.45. The van der Waals surface area contributed by atoms with E-state index in [9.17, 15) is 4.79 Å². The van der Waals surface area contributed by atoms with Gasteiger partial charge in [-0.1, -0.05) is 0 Å². The summed E-state index contributed by atoms with van der Waals surface area (Å²) in [7, 11) is 0. The maximum absolute atomic E-state index is 11.9. The van der Waals surface area contributed by atoms with E-state index in [2.05, 4.69) is 11.1 Å². The third kappa shape index (κ3) is 4.30. The van der Waals surface area contributed by atoms with Crippen LogP contribution in [0.1, 0.15) is 39.3 Å². The zero-order valence-electron chi connectivity index (χ0n) is 12.1. The van der Waals surface area contributed by atoms with Crippen molar-refractivity contribution in [1.29, 1.82) is 0 Å². The first kappa shape index (κ1) is 14.0. The van der Waals surface area contributed by atoms with Gasteiger partial charge in [0.05, 0.1) is 0 Å². The van der Waals surface area contributed by atoms with Gasteiger partial charge in [-0.05, 0) is 58.1 Å². The predicted molar refractivity (Wildman–Crippen MR) is 75.0 cm³/mol. The minimum atomic E-state index is -0.405. The Hall–Kier alpha value is -1.45. The Morgan fingerprint density at radius 2 is 2.11 bits per heavy atom. The lowest BCUT2D eigenvalue weighted by atomic mass is 9.92. The van der Waals surface area contributed by atoms with E-state index in [1.54, 1.807) is 0 Å². The van der Waals surface area contributed by atoms with Gasteiger partial charge in [0.1, 0.15) is 5.60 Å². The van der Waals surface area contributed by atoms with E-state index in [0.29, 0.717) is 5.92 Å². The van der Waals surface area contributed by atoms with E-state index in [1.165, 1.54) is 5.69 Å². The number of likely N-dealkylation sites (tertiary alicyclic amines) is 1. The molecule has 1 aliphatic heterocycles. The normalized spacial score (nSPS) is 17.5. The number of hydrogen-bond donors (Lipinski definition) is 1. The van der Waals surface area contributed by atoms with Crippen LogP contribution in [0.5, 0.6) is 0 Å². The Labute approximate surface area is 115 Å². The molecular weight excluding hydrogens is 240 g/mol. The van der Waals surface area contributed by atoms with Gasteiger partial charge in [-0.3, -0.25) is 0 Å². The number of carbonyl (C=O) groups excluding carboxylic acids is 1. The molecule has 0 aromatic carbocycles. The largest absolute Gasteiger partial charge is 0.444 e. The summed E-state index contributed by atoms with van der Waals surface area (Å²) in [4.78, 5) is 17.0. The Kier molecular flexibility index (Phi) is 4.17. The lowest BCUT2D eigenvalue weighted by Crippen LogP contribution is -2.42. The number of piperidine rings is 1. The van der Waals surface area contributed by atoms with E-state index in [1.807, 2.05) is 37.9 Å². The number of carbonyl (C=O) groups is 1. The Balaban J connectivity index is 1.77. The van der Waals surface area contributed by atoms with E-state index >= 15 is 0 Å². The molecule has 0 saturated carbocycles. The second kappa shape index (κ2) is 5.68. The molecule has 1 amide bonds. The van der Waals surface area contributed by atoms with Gasteiger partial charge in [0.15, 0.2) is 0 Å². The van der Waals surface area contributed by atoms with Crippen LogP contribution < -0.4 is 0 Å². The van der Waals surface area contributed by atoms with Crippen LogP contribution >= 0.6 is 0 Å². The molecule has 106 valence electrons. The molecule has 1 saturated heterocycles. The quantitative estimate of drug-likeness (QED) is 0.891.